The molecule has 1 saturated carbocycles. The van der Waals surface area contributed by atoms with Crippen molar-refractivity contribution in [2.45, 2.75) is 32.4 Å². The highest BCUT2D eigenvalue weighted by Crippen LogP contribution is 2.37. The summed E-state index contributed by atoms with van der Waals surface area (Å²) < 4.78 is 10.5. The van der Waals surface area contributed by atoms with Gasteiger partial charge in [-0.25, -0.2) is 0 Å². The van der Waals surface area contributed by atoms with Crippen LogP contribution in [0.5, 0.6) is 11.5 Å². The molecule has 0 amide bonds. The van der Waals surface area contributed by atoms with Crippen molar-refractivity contribution in [1.82, 2.24) is 5.32 Å². The summed E-state index contributed by atoms with van der Waals surface area (Å²) in [5.74, 6) is 2.13. The van der Waals surface area contributed by atoms with Crippen LogP contribution < -0.4 is 14.8 Å². The number of halogens is 1. The van der Waals surface area contributed by atoms with Crippen molar-refractivity contribution in [2.75, 3.05) is 14.2 Å². The molecular formula is C14H20ClNO2. The number of ether oxygens (including phenoxy) is 2. The van der Waals surface area contributed by atoms with E-state index in [1.165, 1.54) is 12.8 Å². The van der Waals surface area contributed by atoms with Crippen LogP contribution in [0.1, 0.15) is 25.3 Å². The first-order chi connectivity index (χ1) is 8.65. The van der Waals surface area contributed by atoms with Gasteiger partial charge in [0, 0.05) is 12.6 Å². The highest BCUT2D eigenvalue weighted by atomic mass is 35.5. The standard InChI is InChI=1S/C14H20ClNO2/c1-9-6-11(7-9)16-8-10-4-5-12(17-2)14(18-3)13(10)15/h4-5,9,11,16H,6-8H2,1-3H3. The minimum Gasteiger partial charge on any atom is -0.493 e. The molecule has 1 fully saturated rings. The molecule has 1 N–H and O–H groups in total. The average Bonchev–Trinajstić information content (AvgIpc) is 2.34. The second kappa shape index (κ2) is 5.81. The lowest BCUT2D eigenvalue weighted by Gasteiger charge is -2.33. The van der Waals surface area contributed by atoms with E-state index in [-0.39, 0.29) is 0 Å². The van der Waals surface area contributed by atoms with Crippen LogP contribution in [0.25, 0.3) is 0 Å². The van der Waals surface area contributed by atoms with E-state index < -0.39 is 0 Å². The number of hydrogen-bond acceptors (Lipinski definition) is 3. The van der Waals surface area contributed by atoms with Gasteiger partial charge in [0.1, 0.15) is 0 Å². The summed E-state index contributed by atoms with van der Waals surface area (Å²) in [6.07, 6.45) is 2.51. The molecule has 0 aromatic heterocycles. The maximum atomic E-state index is 6.32. The zero-order valence-electron chi connectivity index (χ0n) is 11.1. The van der Waals surface area contributed by atoms with Gasteiger partial charge in [-0.15, -0.1) is 0 Å². The van der Waals surface area contributed by atoms with Gasteiger partial charge in [-0.05, 0) is 30.4 Å². The molecule has 2 rings (SSSR count). The van der Waals surface area contributed by atoms with Crippen molar-refractivity contribution >= 4 is 11.6 Å². The Morgan fingerprint density at radius 1 is 1.28 bits per heavy atom. The molecule has 0 aliphatic heterocycles. The summed E-state index contributed by atoms with van der Waals surface area (Å²) in [5.41, 5.74) is 1.05. The van der Waals surface area contributed by atoms with Gasteiger partial charge in [-0.2, -0.15) is 0 Å². The molecule has 0 bridgehead atoms. The van der Waals surface area contributed by atoms with E-state index in [0.29, 0.717) is 22.6 Å². The first-order valence-corrected chi connectivity index (χ1v) is 6.66. The van der Waals surface area contributed by atoms with Crippen molar-refractivity contribution in [1.29, 1.82) is 0 Å². The summed E-state index contributed by atoms with van der Waals surface area (Å²) in [4.78, 5) is 0. The maximum absolute atomic E-state index is 6.32. The van der Waals surface area contributed by atoms with Crippen LogP contribution in [0.2, 0.25) is 5.02 Å². The van der Waals surface area contributed by atoms with Crippen LogP contribution in [-0.2, 0) is 6.54 Å². The molecule has 18 heavy (non-hydrogen) atoms. The summed E-state index contributed by atoms with van der Waals surface area (Å²) in [6, 6.07) is 4.51. The van der Waals surface area contributed by atoms with Gasteiger partial charge in [-0.3, -0.25) is 0 Å². The summed E-state index contributed by atoms with van der Waals surface area (Å²) in [7, 11) is 3.22. The lowest BCUT2D eigenvalue weighted by molar-refractivity contribution is 0.240. The average molecular weight is 270 g/mol. The van der Waals surface area contributed by atoms with E-state index in [1.807, 2.05) is 12.1 Å². The predicted octanol–water partition coefficient (Wildman–Crippen LogP) is 3.25. The molecule has 0 radical (unpaired) electrons. The Kier molecular flexibility index (Phi) is 4.36. The quantitative estimate of drug-likeness (QED) is 0.890. The smallest absolute Gasteiger partial charge is 0.179 e. The molecule has 0 atom stereocenters. The molecule has 3 nitrogen and oxygen atoms in total. The lowest BCUT2D eigenvalue weighted by Crippen LogP contribution is -2.39. The van der Waals surface area contributed by atoms with Crippen LogP contribution in [0.4, 0.5) is 0 Å². The van der Waals surface area contributed by atoms with E-state index in [0.717, 1.165) is 18.0 Å². The highest BCUT2D eigenvalue weighted by Gasteiger charge is 2.24. The van der Waals surface area contributed by atoms with E-state index >= 15 is 0 Å². The first-order valence-electron chi connectivity index (χ1n) is 6.28. The molecule has 0 unspecified atom stereocenters. The zero-order chi connectivity index (χ0) is 13.1. The second-order valence-corrected chi connectivity index (χ2v) is 5.31. The Labute approximate surface area is 113 Å². The fourth-order valence-corrected chi connectivity index (χ4v) is 2.69. The van der Waals surface area contributed by atoms with Gasteiger partial charge < -0.3 is 14.8 Å². The lowest BCUT2D eigenvalue weighted by atomic mass is 9.82. The van der Waals surface area contributed by atoms with E-state index in [4.69, 9.17) is 21.1 Å². The SMILES string of the molecule is COc1ccc(CNC2CC(C)C2)c(Cl)c1OC. The Balaban J connectivity index is 2.04. The van der Waals surface area contributed by atoms with Crippen molar-refractivity contribution in [3.63, 3.8) is 0 Å². The predicted molar refractivity (Wildman–Crippen MR) is 73.6 cm³/mol. The minimum atomic E-state index is 0.612. The molecule has 0 spiro atoms. The fraction of sp³-hybridized carbons (Fsp3) is 0.571. The molecule has 4 heteroatoms. The second-order valence-electron chi connectivity index (χ2n) is 4.93. The molecule has 1 aromatic carbocycles. The molecule has 0 heterocycles. The monoisotopic (exact) mass is 269 g/mol. The molecule has 0 saturated heterocycles. The number of hydrogen-bond donors (Lipinski definition) is 1. The van der Waals surface area contributed by atoms with Crippen LogP contribution in [0.3, 0.4) is 0 Å². The van der Waals surface area contributed by atoms with Gasteiger partial charge in [0.25, 0.3) is 0 Å². The Hall–Kier alpha value is -0.930. The van der Waals surface area contributed by atoms with Gasteiger partial charge in [0.05, 0.1) is 19.2 Å². The molecule has 100 valence electrons. The Morgan fingerprint density at radius 2 is 2.00 bits per heavy atom. The highest BCUT2D eigenvalue weighted by molar-refractivity contribution is 6.33. The Bertz CT molecular complexity index is 417. The number of benzene rings is 1. The molecule has 1 aliphatic rings. The Morgan fingerprint density at radius 3 is 2.56 bits per heavy atom. The molecule has 1 aromatic rings. The summed E-state index contributed by atoms with van der Waals surface area (Å²) in [5, 5.41) is 4.15. The zero-order valence-corrected chi connectivity index (χ0v) is 11.9. The largest absolute Gasteiger partial charge is 0.493 e. The normalized spacial score (nSPS) is 22.4. The maximum Gasteiger partial charge on any atom is 0.179 e. The van der Waals surface area contributed by atoms with E-state index in [2.05, 4.69) is 12.2 Å². The summed E-state index contributed by atoms with van der Waals surface area (Å²) in [6.45, 7) is 3.05. The van der Waals surface area contributed by atoms with Gasteiger partial charge in [-0.1, -0.05) is 24.6 Å². The minimum absolute atomic E-state index is 0.612. The topological polar surface area (TPSA) is 30.5 Å². The van der Waals surface area contributed by atoms with Crippen LogP contribution >= 0.6 is 11.6 Å². The van der Waals surface area contributed by atoms with Crippen LogP contribution in [-0.4, -0.2) is 20.3 Å². The summed E-state index contributed by atoms with van der Waals surface area (Å²) >= 11 is 6.32. The van der Waals surface area contributed by atoms with Gasteiger partial charge >= 0.3 is 0 Å². The molecular weight excluding hydrogens is 250 g/mol. The van der Waals surface area contributed by atoms with Crippen molar-refractivity contribution in [3.05, 3.63) is 22.7 Å². The van der Waals surface area contributed by atoms with Crippen molar-refractivity contribution in [2.24, 2.45) is 5.92 Å². The number of nitrogens with one attached hydrogen (secondary N) is 1. The van der Waals surface area contributed by atoms with Crippen LogP contribution in [0.15, 0.2) is 12.1 Å². The third-order valence-electron chi connectivity index (χ3n) is 3.52. The van der Waals surface area contributed by atoms with Gasteiger partial charge in [0.2, 0.25) is 0 Å². The molecule has 1 aliphatic carbocycles. The van der Waals surface area contributed by atoms with Gasteiger partial charge in [0.15, 0.2) is 11.5 Å². The third kappa shape index (κ3) is 2.73. The third-order valence-corrected chi connectivity index (χ3v) is 3.93. The van der Waals surface area contributed by atoms with Crippen molar-refractivity contribution in [3.8, 4) is 11.5 Å². The van der Waals surface area contributed by atoms with E-state index in [1.54, 1.807) is 14.2 Å². The first kappa shape index (κ1) is 13.5. The number of methoxy groups -OCH3 is 2. The van der Waals surface area contributed by atoms with E-state index in [9.17, 15) is 0 Å². The fourth-order valence-electron chi connectivity index (χ4n) is 2.39. The number of rotatable bonds is 5. The van der Waals surface area contributed by atoms with Crippen molar-refractivity contribution < 1.29 is 9.47 Å². The van der Waals surface area contributed by atoms with Crippen LogP contribution in [0, 0.1) is 5.92 Å².